The third kappa shape index (κ3) is 4.19. The van der Waals surface area contributed by atoms with Crippen LogP contribution in [0.4, 0.5) is 0 Å². The third-order valence-electron chi connectivity index (χ3n) is 3.85. The van der Waals surface area contributed by atoms with E-state index in [4.69, 9.17) is 14.2 Å². The van der Waals surface area contributed by atoms with Crippen molar-refractivity contribution in [2.75, 3.05) is 21.3 Å². The molecule has 0 aliphatic carbocycles. The summed E-state index contributed by atoms with van der Waals surface area (Å²) in [5.41, 5.74) is 1.53. The van der Waals surface area contributed by atoms with E-state index in [-0.39, 0.29) is 11.9 Å². The van der Waals surface area contributed by atoms with Gasteiger partial charge in [-0.1, -0.05) is 19.1 Å². The van der Waals surface area contributed by atoms with Crippen LogP contribution in [0.2, 0.25) is 0 Å². The van der Waals surface area contributed by atoms with Crippen LogP contribution in [-0.2, 0) is 0 Å². The molecule has 0 heterocycles. The minimum Gasteiger partial charge on any atom is -0.497 e. The predicted octanol–water partition coefficient (Wildman–Crippen LogP) is 3.59. The molecule has 5 nitrogen and oxygen atoms in total. The Kier molecular flexibility index (Phi) is 6.07. The van der Waals surface area contributed by atoms with Gasteiger partial charge in [0.25, 0.3) is 5.91 Å². The molecule has 1 amide bonds. The molecular weight excluding hydrogens is 306 g/mol. The molecule has 0 radical (unpaired) electrons. The van der Waals surface area contributed by atoms with E-state index in [1.807, 2.05) is 31.2 Å². The van der Waals surface area contributed by atoms with Gasteiger partial charge in [0.1, 0.15) is 17.2 Å². The van der Waals surface area contributed by atoms with E-state index in [9.17, 15) is 4.79 Å². The Labute approximate surface area is 142 Å². The molecule has 24 heavy (non-hydrogen) atoms. The summed E-state index contributed by atoms with van der Waals surface area (Å²) in [6, 6.07) is 12.7. The Bertz CT molecular complexity index is 660. The van der Waals surface area contributed by atoms with Gasteiger partial charge in [0.15, 0.2) is 0 Å². The molecule has 0 fully saturated rings. The zero-order valence-corrected chi connectivity index (χ0v) is 14.5. The quantitative estimate of drug-likeness (QED) is 0.843. The van der Waals surface area contributed by atoms with Crippen LogP contribution in [0, 0.1) is 0 Å². The fourth-order valence-electron chi connectivity index (χ4n) is 2.44. The van der Waals surface area contributed by atoms with Gasteiger partial charge in [-0.2, -0.15) is 0 Å². The van der Waals surface area contributed by atoms with E-state index in [1.54, 1.807) is 39.5 Å². The van der Waals surface area contributed by atoms with Crippen LogP contribution in [0.15, 0.2) is 42.5 Å². The highest BCUT2D eigenvalue weighted by molar-refractivity contribution is 5.95. The van der Waals surface area contributed by atoms with Crippen LogP contribution in [0.25, 0.3) is 0 Å². The van der Waals surface area contributed by atoms with E-state index in [0.29, 0.717) is 17.1 Å². The second kappa shape index (κ2) is 8.24. The minimum absolute atomic E-state index is 0.0828. The molecule has 0 saturated carbocycles. The Morgan fingerprint density at radius 2 is 1.46 bits per heavy atom. The summed E-state index contributed by atoms with van der Waals surface area (Å²) in [7, 11) is 4.75. The Morgan fingerprint density at radius 1 is 0.917 bits per heavy atom. The van der Waals surface area contributed by atoms with Crippen LogP contribution in [0.1, 0.15) is 35.3 Å². The molecule has 0 aliphatic rings. The molecular formula is C19H23NO4. The molecule has 5 heteroatoms. The maximum absolute atomic E-state index is 12.6. The highest BCUT2D eigenvalue weighted by Gasteiger charge is 2.16. The van der Waals surface area contributed by atoms with E-state index in [2.05, 4.69) is 5.32 Å². The number of nitrogens with one attached hydrogen (secondary N) is 1. The van der Waals surface area contributed by atoms with Gasteiger partial charge in [-0.3, -0.25) is 4.79 Å². The molecule has 0 aliphatic heterocycles. The number of carbonyl (C=O) groups excluding carboxylic acids is 1. The van der Waals surface area contributed by atoms with Crippen molar-refractivity contribution >= 4 is 5.91 Å². The second-order valence-corrected chi connectivity index (χ2v) is 5.31. The average molecular weight is 329 g/mol. The van der Waals surface area contributed by atoms with Gasteiger partial charge >= 0.3 is 0 Å². The van der Waals surface area contributed by atoms with Gasteiger partial charge in [-0.05, 0) is 36.2 Å². The van der Waals surface area contributed by atoms with Crippen LogP contribution in [0.5, 0.6) is 17.2 Å². The molecule has 2 rings (SSSR count). The highest BCUT2D eigenvalue weighted by Crippen LogP contribution is 2.24. The SMILES string of the molecule is CC[C@@H](NC(=O)c1cc(OC)cc(OC)c1)c1ccc(OC)cc1. The first-order valence-corrected chi connectivity index (χ1v) is 7.79. The lowest BCUT2D eigenvalue weighted by Gasteiger charge is -2.18. The van der Waals surface area contributed by atoms with Crippen LogP contribution in [-0.4, -0.2) is 27.2 Å². The molecule has 1 atom stereocenters. The maximum Gasteiger partial charge on any atom is 0.252 e. The van der Waals surface area contributed by atoms with Crippen molar-refractivity contribution in [2.24, 2.45) is 0 Å². The number of amides is 1. The van der Waals surface area contributed by atoms with E-state index >= 15 is 0 Å². The van der Waals surface area contributed by atoms with Gasteiger partial charge < -0.3 is 19.5 Å². The Balaban J connectivity index is 2.19. The van der Waals surface area contributed by atoms with Crippen molar-refractivity contribution in [3.8, 4) is 17.2 Å². The maximum atomic E-state index is 12.6. The third-order valence-corrected chi connectivity index (χ3v) is 3.85. The van der Waals surface area contributed by atoms with Crippen molar-refractivity contribution in [3.63, 3.8) is 0 Å². The van der Waals surface area contributed by atoms with Crippen molar-refractivity contribution in [2.45, 2.75) is 19.4 Å². The van der Waals surface area contributed by atoms with Gasteiger partial charge in [-0.25, -0.2) is 0 Å². The first-order valence-electron chi connectivity index (χ1n) is 7.79. The first kappa shape index (κ1) is 17.7. The summed E-state index contributed by atoms with van der Waals surface area (Å²) in [5.74, 6) is 1.78. The number of hydrogen-bond donors (Lipinski definition) is 1. The van der Waals surface area contributed by atoms with Crippen LogP contribution >= 0.6 is 0 Å². The standard InChI is InChI=1S/C19H23NO4/c1-5-18(13-6-8-15(22-2)9-7-13)20-19(21)14-10-16(23-3)12-17(11-14)24-4/h6-12,18H,5H2,1-4H3,(H,20,21)/t18-/m1/s1. The van der Waals surface area contributed by atoms with Gasteiger partial charge in [0.2, 0.25) is 0 Å². The summed E-state index contributed by atoms with van der Waals surface area (Å²) in [6.45, 7) is 2.03. The monoisotopic (exact) mass is 329 g/mol. The Morgan fingerprint density at radius 3 is 1.92 bits per heavy atom. The van der Waals surface area contributed by atoms with Crippen molar-refractivity contribution in [1.82, 2.24) is 5.32 Å². The number of benzene rings is 2. The normalized spacial score (nSPS) is 11.5. The second-order valence-electron chi connectivity index (χ2n) is 5.31. The van der Waals surface area contributed by atoms with Crippen LogP contribution < -0.4 is 19.5 Å². The number of carbonyl (C=O) groups is 1. The Hall–Kier alpha value is -2.69. The number of rotatable bonds is 7. The summed E-state index contributed by atoms with van der Waals surface area (Å²) in [6.07, 6.45) is 0.777. The molecule has 0 bridgehead atoms. The molecule has 0 spiro atoms. The van der Waals surface area contributed by atoms with Crippen LogP contribution in [0.3, 0.4) is 0 Å². The summed E-state index contributed by atoms with van der Waals surface area (Å²) >= 11 is 0. The average Bonchev–Trinajstić information content (AvgIpc) is 2.65. The van der Waals surface area contributed by atoms with Crippen molar-refractivity contribution in [3.05, 3.63) is 53.6 Å². The largest absolute Gasteiger partial charge is 0.497 e. The van der Waals surface area contributed by atoms with Crippen molar-refractivity contribution < 1.29 is 19.0 Å². The molecule has 2 aromatic rings. The molecule has 2 aromatic carbocycles. The summed E-state index contributed by atoms with van der Waals surface area (Å²) < 4.78 is 15.6. The lowest BCUT2D eigenvalue weighted by atomic mass is 10.0. The molecule has 128 valence electrons. The van der Waals surface area contributed by atoms with Gasteiger partial charge in [0, 0.05) is 11.6 Å². The number of methoxy groups -OCH3 is 3. The van der Waals surface area contributed by atoms with E-state index in [1.165, 1.54) is 0 Å². The summed E-state index contributed by atoms with van der Waals surface area (Å²) in [4.78, 5) is 12.6. The molecule has 0 saturated heterocycles. The molecule has 0 unspecified atom stereocenters. The lowest BCUT2D eigenvalue weighted by molar-refractivity contribution is 0.0935. The number of ether oxygens (including phenoxy) is 3. The molecule has 0 aromatic heterocycles. The topological polar surface area (TPSA) is 56.8 Å². The lowest BCUT2D eigenvalue weighted by Crippen LogP contribution is -2.28. The van der Waals surface area contributed by atoms with Crippen molar-refractivity contribution in [1.29, 1.82) is 0 Å². The highest BCUT2D eigenvalue weighted by atomic mass is 16.5. The molecule has 1 N–H and O–H groups in total. The number of hydrogen-bond acceptors (Lipinski definition) is 4. The van der Waals surface area contributed by atoms with Gasteiger partial charge in [0.05, 0.1) is 27.4 Å². The first-order chi connectivity index (χ1) is 11.6. The zero-order valence-electron chi connectivity index (χ0n) is 14.5. The van der Waals surface area contributed by atoms with E-state index < -0.39 is 0 Å². The fourth-order valence-corrected chi connectivity index (χ4v) is 2.44. The van der Waals surface area contributed by atoms with Gasteiger partial charge in [-0.15, -0.1) is 0 Å². The zero-order chi connectivity index (χ0) is 17.5. The van der Waals surface area contributed by atoms with E-state index in [0.717, 1.165) is 17.7 Å². The minimum atomic E-state index is -0.171. The smallest absolute Gasteiger partial charge is 0.252 e. The fraction of sp³-hybridized carbons (Fsp3) is 0.316. The summed E-state index contributed by atoms with van der Waals surface area (Å²) in [5, 5.41) is 3.05. The predicted molar refractivity (Wildman–Crippen MR) is 93.0 cm³/mol.